The van der Waals surface area contributed by atoms with Crippen molar-refractivity contribution in [1.29, 1.82) is 0 Å². The van der Waals surface area contributed by atoms with E-state index in [4.69, 9.17) is 4.74 Å². The zero-order valence-electron chi connectivity index (χ0n) is 17.8. The van der Waals surface area contributed by atoms with Gasteiger partial charge in [0.05, 0.1) is 6.54 Å². The van der Waals surface area contributed by atoms with Crippen LogP contribution in [0.1, 0.15) is 37.0 Å². The molecule has 3 rings (SSSR count). The molecule has 0 fully saturated rings. The molecule has 0 radical (unpaired) electrons. The molecule has 1 aliphatic heterocycles. The van der Waals surface area contributed by atoms with Gasteiger partial charge in [-0.15, -0.1) is 0 Å². The Morgan fingerprint density at radius 1 is 1.10 bits per heavy atom. The molecule has 0 saturated carbocycles. The summed E-state index contributed by atoms with van der Waals surface area (Å²) in [7, 11) is 0. The second-order valence-electron chi connectivity index (χ2n) is 7.87. The number of aliphatic carboxylic acids is 1. The number of fused-ring (bicyclic) bond motifs is 1. The van der Waals surface area contributed by atoms with Crippen molar-refractivity contribution in [2.24, 2.45) is 5.92 Å². The van der Waals surface area contributed by atoms with Gasteiger partial charge in [-0.25, -0.2) is 9.59 Å². The summed E-state index contributed by atoms with van der Waals surface area (Å²) in [4.78, 5) is 39.1. The van der Waals surface area contributed by atoms with Gasteiger partial charge in [0.15, 0.2) is 0 Å². The first-order chi connectivity index (χ1) is 14.9. The maximum Gasteiger partial charge on any atom is 0.411 e. The average Bonchev–Trinajstić information content (AvgIpc) is 2.79. The summed E-state index contributed by atoms with van der Waals surface area (Å²) in [5, 5.41) is 12.2. The third kappa shape index (κ3) is 5.42. The SMILES string of the molecule is CC[C@H](C)[C@H](NC(=O)[C@@H]1Cc2ccccc2CN1C(=O)OCc1ccccc1)C(=O)O. The summed E-state index contributed by atoms with van der Waals surface area (Å²) in [5.74, 6) is -1.81. The van der Waals surface area contributed by atoms with E-state index in [9.17, 15) is 19.5 Å². The van der Waals surface area contributed by atoms with E-state index in [-0.39, 0.29) is 19.1 Å². The molecule has 0 unspecified atom stereocenters. The molecule has 0 aromatic heterocycles. The summed E-state index contributed by atoms with van der Waals surface area (Å²) < 4.78 is 5.47. The number of rotatable bonds is 7. The monoisotopic (exact) mass is 424 g/mol. The molecule has 164 valence electrons. The van der Waals surface area contributed by atoms with Crippen LogP contribution in [0.25, 0.3) is 0 Å². The van der Waals surface area contributed by atoms with Crippen molar-refractivity contribution >= 4 is 18.0 Å². The van der Waals surface area contributed by atoms with Gasteiger partial charge < -0.3 is 15.2 Å². The van der Waals surface area contributed by atoms with E-state index in [1.165, 1.54) is 4.90 Å². The Balaban J connectivity index is 1.79. The number of carbonyl (C=O) groups is 3. The van der Waals surface area contributed by atoms with Gasteiger partial charge >= 0.3 is 12.1 Å². The summed E-state index contributed by atoms with van der Waals surface area (Å²) in [6.45, 7) is 3.97. The minimum atomic E-state index is -1.09. The molecule has 2 aromatic rings. The summed E-state index contributed by atoms with van der Waals surface area (Å²) >= 11 is 0. The van der Waals surface area contributed by atoms with Crippen LogP contribution in [0.4, 0.5) is 4.79 Å². The molecular weight excluding hydrogens is 396 g/mol. The molecule has 0 bridgehead atoms. The van der Waals surface area contributed by atoms with E-state index in [0.29, 0.717) is 12.8 Å². The summed E-state index contributed by atoms with van der Waals surface area (Å²) in [5.41, 5.74) is 2.75. The Hall–Kier alpha value is -3.35. The third-order valence-corrected chi connectivity index (χ3v) is 5.77. The zero-order valence-corrected chi connectivity index (χ0v) is 17.8. The second-order valence-corrected chi connectivity index (χ2v) is 7.87. The van der Waals surface area contributed by atoms with Crippen molar-refractivity contribution < 1.29 is 24.2 Å². The maximum atomic E-state index is 13.1. The van der Waals surface area contributed by atoms with Gasteiger partial charge in [-0.05, 0) is 22.6 Å². The molecule has 7 nitrogen and oxygen atoms in total. The number of carbonyl (C=O) groups excluding carboxylic acids is 2. The van der Waals surface area contributed by atoms with E-state index in [1.54, 1.807) is 6.92 Å². The molecule has 2 N–H and O–H groups in total. The Morgan fingerprint density at radius 3 is 2.39 bits per heavy atom. The lowest BCUT2D eigenvalue weighted by Crippen LogP contribution is -2.56. The quantitative estimate of drug-likeness (QED) is 0.711. The molecule has 7 heteroatoms. The van der Waals surface area contributed by atoms with Gasteiger partial charge in [0.1, 0.15) is 18.7 Å². The molecule has 2 aromatic carbocycles. The lowest BCUT2D eigenvalue weighted by atomic mass is 9.93. The molecule has 0 saturated heterocycles. The number of benzene rings is 2. The van der Waals surface area contributed by atoms with Gasteiger partial charge in [-0.3, -0.25) is 9.69 Å². The number of nitrogens with one attached hydrogen (secondary N) is 1. The fraction of sp³-hybridized carbons (Fsp3) is 0.375. The van der Waals surface area contributed by atoms with Crippen LogP contribution in [0.5, 0.6) is 0 Å². The van der Waals surface area contributed by atoms with Crippen LogP contribution in [-0.2, 0) is 33.9 Å². The Labute approximate surface area is 182 Å². The van der Waals surface area contributed by atoms with Crippen LogP contribution in [0.2, 0.25) is 0 Å². The predicted molar refractivity (Wildman–Crippen MR) is 115 cm³/mol. The topological polar surface area (TPSA) is 95.9 Å². The van der Waals surface area contributed by atoms with Crippen molar-refractivity contribution in [3.8, 4) is 0 Å². The minimum absolute atomic E-state index is 0.0940. The summed E-state index contributed by atoms with van der Waals surface area (Å²) in [6.07, 6.45) is 0.303. The lowest BCUT2D eigenvalue weighted by Gasteiger charge is -2.36. The van der Waals surface area contributed by atoms with Gasteiger partial charge in [0, 0.05) is 6.42 Å². The van der Waals surface area contributed by atoms with Gasteiger partial charge in [-0.2, -0.15) is 0 Å². The maximum absolute atomic E-state index is 13.1. The number of nitrogens with zero attached hydrogens (tertiary/aromatic N) is 1. The van der Waals surface area contributed by atoms with Gasteiger partial charge in [-0.1, -0.05) is 74.9 Å². The van der Waals surface area contributed by atoms with E-state index in [0.717, 1.165) is 16.7 Å². The van der Waals surface area contributed by atoms with E-state index in [2.05, 4.69) is 5.32 Å². The molecule has 3 atom stereocenters. The highest BCUT2D eigenvalue weighted by atomic mass is 16.6. The van der Waals surface area contributed by atoms with Crippen LogP contribution in [0.15, 0.2) is 54.6 Å². The first-order valence-corrected chi connectivity index (χ1v) is 10.5. The highest BCUT2D eigenvalue weighted by Gasteiger charge is 2.37. The van der Waals surface area contributed by atoms with Crippen LogP contribution in [0, 0.1) is 5.92 Å². The van der Waals surface area contributed by atoms with Gasteiger partial charge in [0.25, 0.3) is 0 Å². The average molecular weight is 424 g/mol. The number of amides is 2. The Morgan fingerprint density at radius 2 is 1.74 bits per heavy atom. The van der Waals surface area contributed by atoms with Crippen molar-refractivity contribution in [2.45, 2.75) is 51.9 Å². The van der Waals surface area contributed by atoms with Crippen molar-refractivity contribution in [2.75, 3.05) is 0 Å². The fourth-order valence-electron chi connectivity index (χ4n) is 3.68. The highest BCUT2D eigenvalue weighted by Crippen LogP contribution is 2.25. The van der Waals surface area contributed by atoms with E-state index >= 15 is 0 Å². The second kappa shape index (κ2) is 10.1. The number of carboxylic acids is 1. The molecular formula is C24H28N2O5. The number of hydrogen-bond donors (Lipinski definition) is 2. The third-order valence-electron chi connectivity index (χ3n) is 5.77. The molecule has 1 heterocycles. The fourth-order valence-corrected chi connectivity index (χ4v) is 3.68. The van der Waals surface area contributed by atoms with Crippen LogP contribution < -0.4 is 5.32 Å². The number of ether oxygens (including phenoxy) is 1. The normalized spacial score (nSPS) is 17.2. The van der Waals surface area contributed by atoms with Crippen molar-refractivity contribution in [3.05, 3.63) is 71.3 Å². The first-order valence-electron chi connectivity index (χ1n) is 10.5. The number of hydrogen-bond acceptors (Lipinski definition) is 4. The van der Waals surface area contributed by atoms with Crippen molar-refractivity contribution in [3.63, 3.8) is 0 Å². The van der Waals surface area contributed by atoms with E-state index < -0.39 is 30.1 Å². The zero-order chi connectivity index (χ0) is 22.4. The minimum Gasteiger partial charge on any atom is -0.480 e. The predicted octanol–water partition coefficient (Wildman–Crippen LogP) is 3.37. The molecule has 1 aliphatic rings. The Bertz CT molecular complexity index is 931. The van der Waals surface area contributed by atoms with Crippen molar-refractivity contribution in [1.82, 2.24) is 10.2 Å². The van der Waals surface area contributed by atoms with Crippen LogP contribution in [-0.4, -0.2) is 40.1 Å². The molecule has 2 amide bonds. The molecule has 31 heavy (non-hydrogen) atoms. The molecule has 0 spiro atoms. The summed E-state index contributed by atoms with van der Waals surface area (Å²) in [6, 6.07) is 15.1. The molecule has 0 aliphatic carbocycles. The largest absolute Gasteiger partial charge is 0.480 e. The lowest BCUT2D eigenvalue weighted by molar-refractivity contribution is -0.144. The van der Waals surface area contributed by atoms with Crippen LogP contribution >= 0.6 is 0 Å². The van der Waals surface area contributed by atoms with Gasteiger partial charge in [0.2, 0.25) is 5.91 Å². The first kappa shape index (κ1) is 22.3. The van der Waals surface area contributed by atoms with Crippen LogP contribution in [0.3, 0.4) is 0 Å². The smallest absolute Gasteiger partial charge is 0.411 e. The highest BCUT2D eigenvalue weighted by molar-refractivity contribution is 5.90. The van der Waals surface area contributed by atoms with E-state index in [1.807, 2.05) is 61.5 Å². The Kier molecular flexibility index (Phi) is 7.28. The number of carboxylic acid groups (broad SMARTS) is 1. The standard InChI is InChI=1S/C24H28N2O5/c1-3-16(2)21(23(28)29)25-22(27)20-13-18-11-7-8-12-19(18)14-26(20)24(30)31-15-17-9-5-4-6-10-17/h4-12,16,20-21H,3,13-15H2,1-2H3,(H,25,27)(H,28,29)/t16-,20-,21-/m0/s1.